The first-order chi connectivity index (χ1) is 13.3. The molecule has 1 saturated heterocycles. The lowest BCUT2D eigenvalue weighted by atomic mass is 10.0. The van der Waals surface area contributed by atoms with Crippen LogP contribution in [0.4, 0.5) is 11.6 Å². The van der Waals surface area contributed by atoms with E-state index in [1.165, 1.54) is 0 Å². The normalized spacial score (nSPS) is 14.4. The van der Waals surface area contributed by atoms with Crippen LogP contribution in [0.2, 0.25) is 0 Å². The maximum Gasteiger partial charge on any atom is 0.254 e. The molecule has 0 radical (unpaired) electrons. The number of piperazine rings is 1. The van der Waals surface area contributed by atoms with E-state index in [1.807, 2.05) is 66.4 Å². The maximum absolute atomic E-state index is 13.0. The first kappa shape index (κ1) is 17.3. The van der Waals surface area contributed by atoms with Gasteiger partial charge in [-0.1, -0.05) is 36.4 Å². The van der Waals surface area contributed by atoms with E-state index < -0.39 is 0 Å². The molecule has 2 heterocycles. The Kier molecular flexibility index (Phi) is 4.87. The summed E-state index contributed by atoms with van der Waals surface area (Å²) in [6.45, 7) is 5.72. The topological polar surface area (TPSA) is 61.4 Å². The number of amides is 1. The number of nitrogens with one attached hydrogen (secondary N) is 1. The third-order valence-electron chi connectivity index (χ3n) is 4.92. The predicted octanol–water partition coefficient (Wildman–Crippen LogP) is 3.02. The Labute approximate surface area is 158 Å². The predicted molar refractivity (Wildman–Crippen MR) is 108 cm³/mol. The number of benzene rings is 2. The summed E-state index contributed by atoms with van der Waals surface area (Å²) in [7, 11) is 0. The van der Waals surface area contributed by atoms with Gasteiger partial charge in [0.2, 0.25) is 0 Å². The van der Waals surface area contributed by atoms with Gasteiger partial charge in [0.1, 0.15) is 5.82 Å². The van der Waals surface area contributed by atoms with E-state index in [4.69, 9.17) is 0 Å². The van der Waals surface area contributed by atoms with Gasteiger partial charge >= 0.3 is 0 Å². The summed E-state index contributed by atoms with van der Waals surface area (Å²) in [5, 5.41) is 13.8. The molecule has 0 spiro atoms. The van der Waals surface area contributed by atoms with Gasteiger partial charge in [0.25, 0.3) is 5.91 Å². The summed E-state index contributed by atoms with van der Waals surface area (Å²) < 4.78 is 0. The van der Waals surface area contributed by atoms with Crippen LogP contribution in [0, 0.1) is 0 Å². The maximum atomic E-state index is 13.0. The number of carbonyl (C=O) groups excluding carboxylic acids is 1. The molecule has 6 nitrogen and oxygen atoms in total. The number of aromatic nitrogens is 2. The summed E-state index contributed by atoms with van der Waals surface area (Å²) in [5.41, 5.74) is 0.774. The SMILES string of the molecule is CCNc1ccc(N2CCN(C(=O)c3cccc4ccccc34)CC2)nn1. The van der Waals surface area contributed by atoms with Crippen LogP contribution in [0.15, 0.2) is 54.6 Å². The van der Waals surface area contributed by atoms with E-state index in [1.54, 1.807) is 0 Å². The smallest absolute Gasteiger partial charge is 0.254 e. The van der Waals surface area contributed by atoms with Gasteiger partial charge in [0, 0.05) is 38.3 Å². The molecule has 2 aromatic carbocycles. The van der Waals surface area contributed by atoms with Crippen LogP contribution in [-0.4, -0.2) is 53.7 Å². The van der Waals surface area contributed by atoms with E-state index >= 15 is 0 Å². The number of nitrogens with zero attached hydrogens (tertiary/aromatic N) is 4. The molecule has 0 bridgehead atoms. The number of hydrogen-bond donors (Lipinski definition) is 1. The molecule has 4 rings (SSSR count). The van der Waals surface area contributed by atoms with Gasteiger partial charge in [0.05, 0.1) is 0 Å². The lowest BCUT2D eigenvalue weighted by Crippen LogP contribution is -2.49. The van der Waals surface area contributed by atoms with Crippen molar-refractivity contribution in [2.75, 3.05) is 42.9 Å². The molecule has 1 aliphatic heterocycles. The van der Waals surface area contributed by atoms with E-state index in [-0.39, 0.29) is 5.91 Å². The molecule has 0 aliphatic carbocycles. The van der Waals surface area contributed by atoms with Crippen LogP contribution >= 0.6 is 0 Å². The molecule has 1 N–H and O–H groups in total. The fraction of sp³-hybridized carbons (Fsp3) is 0.286. The fourth-order valence-corrected chi connectivity index (χ4v) is 3.49. The van der Waals surface area contributed by atoms with Crippen molar-refractivity contribution in [3.63, 3.8) is 0 Å². The Morgan fingerprint density at radius 3 is 2.48 bits per heavy atom. The molecule has 27 heavy (non-hydrogen) atoms. The monoisotopic (exact) mass is 361 g/mol. The third-order valence-corrected chi connectivity index (χ3v) is 4.92. The Balaban J connectivity index is 1.45. The van der Waals surface area contributed by atoms with E-state index in [2.05, 4.69) is 20.4 Å². The third kappa shape index (κ3) is 3.56. The highest BCUT2D eigenvalue weighted by atomic mass is 16.2. The Hall–Kier alpha value is -3.15. The average Bonchev–Trinajstić information content (AvgIpc) is 2.74. The molecular formula is C21H23N5O. The van der Waals surface area contributed by atoms with E-state index in [0.717, 1.165) is 47.6 Å². The van der Waals surface area contributed by atoms with Gasteiger partial charge in [-0.05, 0) is 35.9 Å². The summed E-state index contributed by atoms with van der Waals surface area (Å²) in [6, 6.07) is 17.9. The molecule has 1 aliphatic rings. The molecule has 6 heteroatoms. The van der Waals surface area contributed by atoms with Gasteiger partial charge < -0.3 is 15.1 Å². The fourth-order valence-electron chi connectivity index (χ4n) is 3.49. The summed E-state index contributed by atoms with van der Waals surface area (Å²) in [4.78, 5) is 17.2. The number of fused-ring (bicyclic) bond motifs is 1. The zero-order valence-electron chi connectivity index (χ0n) is 15.4. The molecule has 138 valence electrons. The van der Waals surface area contributed by atoms with Crippen molar-refractivity contribution in [1.29, 1.82) is 0 Å². The lowest BCUT2D eigenvalue weighted by Gasteiger charge is -2.35. The minimum atomic E-state index is 0.0972. The van der Waals surface area contributed by atoms with Crippen LogP contribution in [0.25, 0.3) is 10.8 Å². The van der Waals surface area contributed by atoms with Gasteiger partial charge in [0.15, 0.2) is 5.82 Å². The minimum Gasteiger partial charge on any atom is -0.369 e. The average molecular weight is 361 g/mol. The highest BCUT2D eigenvalue weighted by Gasteiger charge is 2.24. The molecule has 0 saturated carbocycles. The van der Waals surface area contributed by atoms with Crippen molar-refractivity contribution in [1.82, 2.24) is 15.1 Å². The lowest BCUT2D eigenvalue weighted by molar-refractivity contribution is 0.0748. The standard InChI is InChI=1S/C21H23N5O/c1-2-22-19-10-11-20(24-23-19)25-12-14-26(15-13-25)21(27)18-9-5-7-16-6-3-4-8-17(16)18/h3-11H,2,12-15H2,1H3,(H,22,23). The second kappa shape index (κ2) is 7.61. The molecule has 3 aromatic rings. The van der Waals surface area contributed by atoms with Crippen molar-refractivity contribution < 1.29 is 4.79 Å². The van der Waals surface area contributed by atoms with Gasteiger partial charge in [-0.2, -0.15) is 0 Å². The van der Waals surface area contributed by atoms with Crippen molar-refractivity contribution in [2.45, 2.75) is 6.92 Å². The van der Waals surface area contributed by atoms with Crippen molar-refractivity contribution in [3.8, 4) is 0 Å². The first-order valence-corrected chi connectivity index (χ1v) is 9.36. The van der Waals surface area contributed by atoms with Crippen LogP contribution in [-0.2, 0) is 0 Å². The Morgan fingerprint density at radius 2 is 1.74 bits per heavy atom. The number of carbonyl (C=O) groups is 1. The molecular weight excluding hydrogens is 338 g/mol. The van der Waals surface area contributed by atoms with Crippen molar-refractivity contribution in [2.24, 2.45) is 0 Å². The zero-order valence-corrected chi connectivity index (χ0v) is 15.4. The van der Waals surface area contributed by atoms with E-state index in [9.17, 15) is 4.79 Å². The number of anilines is 2. The highest BCUT2D eigenvalue weighted by Crippen LogP contribution is 2.21. The van der Waals surface area contributed by atoms with Gasteiger partial charge in [-0.3, -0.25) is 4.79 Å². The molecule has 1 aromatic heterocycles. The van der Waals surface area contributed by atoms with Gasteiger partial charge in [-0.15, -0.1) is 10.2 Å². The molecule has 0 atom stereocenters. The minimum absolute atomic E-state index is 0.0972. The second-order valence-electron chi connectivity index (χ2n) is 6.61. The van der Waals surface area contributed by atoms with Crippen LogP contribution in [0.5, 0.6) is 0 Å². The largest absolute Gasteiger partial charge is 0.369 e. The number of hydrogen-bond acceptors (Lipinski definition) is 5. The first-order valence-electron chi connectivity index (χ1n) is 9.36. The second-order valence-corrected chi connectivity index (χ2v) is 6.61. The summed E-state index contributed by atoms with van der Waals surface area (Å²) in [6.07, 6.45) is 0. The van der Waals surface area contributed by atoms with Crippen molar-refractivity contribution >= 4 is 28.3 Å². The van der Waals surface area contributed by atoms with Crippen molar-refractivity contribution in [3.05, 3.63) is 60.2 Å². The molecule has 0 unspecified atom stereocenters. The van der Waals surface area contributed by atoms with E-state index in [0.29, 0.717) is 13.1 Å². The summed E-state index contributed by atoms with van der Waals surface area (Å²) >= 11 is 0. The zero-order chi connectivity index (χ0) is 18.6. The van der Waals surface area contributed by atoms with Crippen LogP contribution in [0.3, 0.4) is 0 Å². The Morgan fingerprint density at radius 1 is 0.963 bits per heavy atom. The quantitative estimate of drug-likeness (QED) is 0.774. The summed E-state index contributed by atoms with van der Waals surface area (Å²) in [5.74, 6) is 1.74. The highest BCUT2D eigenvalue weighted by molar-refractivity contribution is 6.07. The molecule has 1 fully saturated rings. The number of rotatable bonds is 4. The Bertz CT molecular complexity index is 927. The van der Waals surface area contributed by atoms with Gasteiger partial charge in [-0.25, -0.2) is 0 Å². The van der Waals surface area contributed by atoms with Crippen LogP contribution in [0.1, 0.15) is 17.3 Å². The molecule has 1 amide bonds. The van der Waals surface area contributed by atoms with Crippen LogP contribution < -0.4 is 10.2 Å².